The molecule has 11 nitrogen and oxygen atoms in total. The Morgan fingerprint density at radius 2 is 1.79 bits per heavy atom. The topological polar surface area (TPSA) is 133 Å². The lowest BCUT2D eigenvalue weighted by molar-refractivity contribution is 0.0225. The summed E-state index contributed by atoms with van der Waals surface area (Å²) in [6, 6.07) is 10.9. The van der Waals surface area contributed by atoms with Gasteiger partial charge in [-0.3, -0.25) is 10.1 Å². The standard InChI is InChI=1S/C30H37N3O8S2/c1-7-43(36,37)24-10-8-21(9-11-24)40-23-15-20(14-22(16-23)39-19(2)18-38-6)27(34)32-28-31-25-12-13-33(17-26(25)42-28)29(35)41-30(3,4)5/h8-11,14-16,19H,7,12-13,17-18H2,1-6H3,(H,31,32,34). The number of rotatable bonds is 10. The van der Waals surface area contributed by atoms with Crippen LogP contribution in [0.5, 0.6) is 17.2 Å². The third-order valence-electron chi connectivity index (χ3n) is 6.28. The van der Waals surface area contributed by atoms with E-state index in [1.165, 1.54) is 23.5 Å². The lowest BCUT2D eigenvalue weighted by Crippen LogP contribution is -2.39. The zero-order chi connectivity index (χ0) is 31.4. The summed E-state index contributed by atoms with van der Waals surface area (Å²) in [5.74, 6) is 0.683. The van der Waals surface area contributed by atoms with Gasteiger partial charge in [-0.15, -0.1) is 0 Å². The number of hydrogen-bond donors (Lipinski definition) is 1. The van der Waals surface area contributed by atoms with Crippen molar-refractivity contribution in [3.8, 4) is 17.2 Å². The van der Waals surface area contributed by atoms with E-state index in [0.717, 1.165) is 10.6 Å². The summed E-state index contributed by atoms with van der Waals surface area (Å²) in [5.41, 5.74) is 0.514. The van der Waals surface area contributed by atoms with E-state index < -0.39 is 21.3 Å². The van der Waals surface area contributed by atoms with Gasteiger partial charge in [-0.25, -0.2) is 18.2 Å². The van der Waals surface area contributed by atoms with Gasteiger partial charge in [-0.2, -0.15) is 0 Å². The summed E-state index contributed by atoms with van der Waals surface area (Å²) in [6.07, 6.45) is -0.128. The SMILES string of the molecule is CCS(=O)(=O)c1ccc(Oc2cc(OC(C)COC)cc(C(=O)Nc3nc4c(s3)CN(C(=O)OC(C)(C)C)CC4)c2)cc1. The first kappa shape index (κ1) is 32.2. The van der Waals surface area contributed by atoms with Crippen LogP contribution in [0.1, 0.15) is 55.5 Å². The summed E-state index contributed by atoms with van der Waals surface area (Å²) < 4.78 is 46.9. The van der Waals surface area contributed by atoms with Gasteiger partial charge in [0.15, 0.2) is 15.0 Å². The smallest absolute Gasteiger partial charge is 0.410 e. The number of fused-ring (bicyclic) bond motifs is 1. The minimum atomic E-state index is -3.35. The van der Waals surface area contributed by atoms with E-state index in [-0.39, 0.29) is 28.4 Å². The maximum absolute atomic E-state index is 13.4. The Kier molecular flexibility index (Phi) is 9.98. The van der Waals surface area contributed by atoms with Gasteiger partial charge in [0, 0.05) is 36.6 Å². The highest BCUT2D eigenvalue weighted by molar-refractivity contribution is 7.91. The van der Waals surface area contributed by atoms with Crippen molar-refractivity contribution in [2.45, 2.75) is 64.2 Å². The maximum atomic E-state index is 13.4. The van der Waals surface area contributed by atoms with Crippen LogP contribution in [0, 0.1) is 0 Å². The maximum Gasteiger partial charge on any atom is 0.410 e. The zero-order valence-corrected chi connectivity index (χ0v) is 26.8. The van der Waals surface area contributed by atoms with E-state index in [9.17, 15) is 18.0 Å². The molecule has 0 spiro atoms. The summed E-state index contributed by atoms with van der Waals surface area (Å²) >= 11 is 1.31. The molecule has 4 rings (SSSR count). The highest BCUT2D eigenvalue weighted by atomic mass is 32.2. The van der Waals surface area contributed by atoms with Gasteiger partial charge >= 0.3 is 6.09 Å². The monoisotopic (exact) mass is 631 g/mol. The average molecular weight is 632 g/mol. The number of carbonyl (C=O) groups excluding carboxylic acids is 2. The summed E-state index contributed by atoms with van der Waals surface area (Å²) in [7, 11) is -1.78. The van der Waals surface area contributed by atoms with Crippen LogP contribution < -0.4 is 14.8 Å². The molecule has 43 heavy (non-hydrogen) atoms. The second-order valence-electron chi connectivity index (χ2n) is 11.0. The number of hydrogen-bond acceptors (Lipinski definition) is 10. The molecule has 0 fully saturated rings. The average Bonchev–Trinajstić information content (AvgIpc) is 3.34. The third kappa shape index (κ3) is 8.68. The number of methoxy groups -OCH3 is 1. The molecule has 1 unspecified atom stereocenters. The van der Waals surface area contributed by atoms with E-state index in [4.69, 9.17) is 18.9 Å². The first-order chi connectivity index (χ1) is 20.3. The number of benzene rings is 2. The second kappa shape index (κ2) is 13.3. The number of nitrogens with one attached hydrogen (secondary N) is 1. The molecule has 0 bridgehead atoms. The number of thiazole rings is 1. The highest BCUT2D eigenvalue weighted by Crippen LogP contribution is 2.32. The van der Waals surface area contributed by atoms with Crippen molar-refractivity contribution in [1.82, 2.24) is 9.88 Å². The second-order valence-corrected chi connectivity index (χ2v) is 14.4. The van der Waals surface area contributed by atoms with Gasteiger partial charge < -0.3 is 23.8 Å². The molecule has 3 aromatic rings. The molecule has 0 saturated carbocycles. The Bertz CT molecular complexity index is 1560. The lowest BCUT2D eigenvalue weighted by Gasteiger charge is -2.29. The van der Waals surface area contributed by atoms with Crippen molar-refractivity contribution in [3.63, 3.8) is 0 Å². The molecule has 0 saturated heterocycles. The van der Waals surface area contributed by atoms with E-state index >= 15 is 0 Å². The van der Waals surface area contributed by atoms with Gasteiger partial charge in [0.05, 0.1) is 29.5 Å². The molecule has 1 aromatic heterocycles. The van der Waals surface area contributed by atoms with Crippen LogP contribution in [0.4, 0.5) is 9.93 Å². The molecule has 1 N–H and O–H groups in total. The summed E-state index contributed by atoms with van der Waals surface area (Å²) in [5, 5.41) is 3.27. The Hall–Kier alpha value is -3.68. The number of sulfone groups is 1. The number of carbonyl (C=O) groups is 2. The molecule has 2 heterocycles. The first-order valence-corrected chi connectivity index (χ1v) is 16.3. The van der Waals surface area contributed by atoms with Crippen molar-refractivity contribution in [2.24, 2.45) is 0 Å². The van der Waals surface area contributed by atoms with E-state index in [0.29, 0.717) is 48.5 Å². The first-order valence-electron chi connectivity index (χ1n) is 13.9. The quantitative estimate of drug-likeness (QED) is 0.300. The molecular weight excluding hydrogens is 594 g/mol. The molecule has 13 heteroatoms. The van der Waals surface area contributed by atoms with Crippen molar-refractivity contribution in [1.29, 1.82) is 0 Å². The predicted molar refractivity (Wildman–Crippen MR) is 163 cm³/mol. The molecule has 232 valence electrons. The largest absolute Gasteiger partial charge is 0.488 e. The van der Waals surface area contributed by atoms with Gasteiger partial charge in [-0.1, -0.05) is 18.3 Å². The fourth-order valence-electron chi connectivity index (χ4n) is 4.25. The van der Waals surface area contributed by atoms with Crippen molar-refractivity contribution >= 4 is 38.3 Å². The number of nitrogens with zero attached hydrogens (tertiary/aromatic N) is 2. The summed E-state index contributed by atoms with van der Waals surface area (Å²) in [6.45, 7) is 10.1. The molecule has 1 atom stereocenters. The number of ether oxygens (including phenoxy) is 4. The Morgan fingerprint density at radius 1 is 1.09 bits per heavy atom. The zero-order valence-electron chi connectivity index (χ0n) is 25.1. The normalized spacial score (nSPS) is 14.0. The number of aromatic nitrogens is 1. The van der Waals surface area contributed by atoms with E-state index in [1.54, 1.807) is 49.3 Å². The minimum absolute atomic E-state index is 0.00516. The lowest BCUT2D eigenvalue weighted by atomic mass is 10.2. The van der Waals surface area contributed by atoms with Crippen LogP contribution in [0.25, 0.3) is 0 Å². The van der Waals surface area contributed by atoms with Crippen LogP contribution in [0.15, 0.2) is 47.4 Å². The minimum Gasteiger partial charge on any atom is -0.488 e. The van der Waals surface area contributed by atoms with Crippen molar-refractivity contribution in [3.05, 3.63) is 58.6 Å². The number of amides is 2. The molecule has 1 aliphatic heterocycles. The molecule has 2 aromatic carbocycles. The Balaban J connectivity index is 1.53. The van der Waals surface area contributed by atoms with E-state index in [1.807, 2.05) is 27.7 Å². The molecule has 1 aliphatic rings. The molecule has 0 radical (unpaired) electrons. The van der Waals surface area contributed by atoms with Gasteiger partial charge in [0.2, 0.25) is 0 Å². The third-order valence-corrected chi connectivity index (χ3v) is 9.03. The van der Waals surface area contributed by atoms with Gasteiger partial charge in [-0.05, 0) is 64.1 Å². The van der Waals surface area contributed by atoms with Crippen molar-refractivity contribution < 1.29 is 37.0 Å². The Morgan fingerprint density at radius 3 is 2.44 bits per heavy atom. The fraction of sp³-hybridized carbons (Fsp3) is 0.433. The Labute approximate surface area is 256 Å². The molecule has 2 amide bonds. The predicted octanol–water partition coefficient (Wildman–Crippen LogP) is 5.69. The summed E-state index contributed by atoms with van der Waals surface area (Å²) in [4.78, 5) is 33.2. The van der Waals surface area contributed by atoms with Gasteiger partial charge in [0.25, 0.3) is 5.91 Å². The van der Waals surface area contributed by atoms with E-state index in [2.05, 4.69) is 10.3 Å². The van der Waals surface area contributed by atoms with Crippen molar-refractivity contribution in [2.75, 3.05) is 31.3 Å². The van der Waals surface area contributed by atoms with Crippen LogP contribution in [-0.2, 0) is 32.3 Å². The number of anilines is 1. The van der Waals surface area contributed by atoms with Crippen LogP contribution >= 0.6 is 11.3 Å². The molecular formula is C30H37N3O8S2. The highest BCUT2D eigenvalue weighted by Gasteiger charge is 2.28. The van der Waals surface area contributed by atoms with Crippen LogP contribution in [-0.4, -0.2) is 68.0 Å². The van der Waals surface area contributed by atoms with Gasteiger partial charge in [0.1, 0.15) is 29.0 Å². The van der Waals surface area contributed by atoms with Crippen LogP contribution in [0.2, 0.25) is 0 Å². The molecule has 0 aliphatic carbocycles. The van der Waals surface area contributed by atoms with Crippen LogP contribution in [0.3, 0.4) is 0 Å². The fourth-order valence-corrected chi connectivity index (χ4v) is 6.15.